The summed E-state index contributed by atoms with van der Waals surface area (Å²) in [6.07, 6.45) is 0. The summed E-state index contributed by atoms with van der Waals surface area (Å²) in [6, 6.07) is 15.5. The number of aryl methyl sites for hydroxylation is 1. The lowest BCUT2D eigenvalue weighted by Crippen LogP contribution is -2.37. The molecule has 0 saturated heterocycles. The summed E-state index contributed by atoms with van der Waals surface area (Å²) in [5.41, 5.74) is 3.55. The zero-order valence-electron chi connectivity index (χ0n) is 12.5. The second kappa shape index (κ2) is 5.89. The molecule has 112 valence electrons. The van der Waals surface area contributed by atoms with E-state index in [1.165, 1.54) is 5.56 Å². The predicted molar refractivity (Wildman–Crippen MR) is 80.8 cm³/mol. The third-order valence-electron chi connectivity index (χ3n) is 3.36. The molecule has 0 aliphatic rings. The molecule has 22 heavy (non-hydrogen) atoms. The number of aromatic nitrogens is 2. The van der Waals surface area contributed by atoms with Crippen LogP contribution in [0.25, 0.3) is 16.9 Å². The average Bonchev–Trinajstić information content (AvgIpc) is 2.91. The van der Waals surface area contributed by atoms with Gasteiger partial charge in [0, 0.05) is 12.1 Å². The van der Waals surface area contributed by atoms with Gasteiger partial charge in [-0.15, -0.1) is 0 Å². The fourth-order valence-corrected chi connectivity index (χ4v) is 2.25. The highest BCUT2D eigenvalue weighted by Gasteiger charge is 2.17. The summed E-state index contributed by atoms with van der Waals surface area (Å²) in [5.74, 6) is 0.804. The van der Waals surface area contributed by atoms with Crippen LogP contribution in [-0.2, 0) is 0 Å². The molecular formula is C17H17N3O2. The predicted octanol–water partition coefficient (Wildman–Crippen LogP) is 2.37. The Hall–Kier alpha value is -2.82. The highest BCUT2D eigenvalue weighted by molar-refractivity contribution is 5.55. The highest BCUT2D eigenvalue weighted by atomic mass is 16.5. The smallest absolute Gasteiger partial charge is 0.274 e. The van der Waals surface area contributed by atoms with Crippen molar-refractivity contribution in [2.75, 3.05) is 6.61 Å². The lowest BCUT2D eigenvalue weighted by molar-refractivity contribution is -0.666. The van der Waals surface area contributed by atoms with Gasteiger partial charge in [-0.05, 0) is 38.1 Å². The largest absolute Gasteiger partial charge is 0.494 e. The van der Waals surface area contributed by atoms with Gasteiger partial charge in [0.25, 0.3) is 11.2 Å². The molecule has 0 saturated carbocycles. The van der Waals surface area contributed by atoms with Gasteiger partial charge in [-0.25, -0.2) is 5.27 Å². The quantitative estimate of drug-likeness (QED) is 0.752. The Bertz CT molecular complexity index is 814. The molecule has 0 fully saturated rings. The fourth-order valence-electron chi connectivity index (χ4n) is 2.25. The first-order valence-corrected chi connectivity index (χ1v) is 7.13. The first kappa shape index (κ1) is 14.1. The van der Waals surface area contributed by atoms with E-state index in [9.17, 15) is 0 Å². The van der Waals surface area contributed by atoms with Crippen LogP contribution in [0.4, 0.5) is 0 Å². The van der Waals surface area contributed by atoms with E-state index in [1.807, 2.05) is 62.4 Å². The molecule has 1 heterocycles. The zero-order valence-corrected chi connectivity index (χ0v) is 12.5. The minimum Gasteiger partial charge on any atom is -0.494 e. The average molecular weight is 295 g/mol. The molecule has 3 rings (SSSR count). The van der Waals surface area contributed by atoms with Crippen molar-refractivity contribution in [2.45, 2.75) is 13.8 Å². The molecule has 0 amide bonds. The Labute approximate surface area is 128 Å². The number of hydrogen-bond acceptors (Lipinski definition) is 3. The standard InChI is InChI=1S/C17H17N3O2/c1-3-21-15-10-8-14(9-11-15)20-16(17(18)22-19-20)13-6-4-12(2)5-7-13/h4-11,18H,3H2,1-2H3. The highest BCUT2D eigenvalue weighted by Crippen LogP contribution is 2.16. The van der Waals surface area contributed by atoms with Crippen LogP contribution in [0.3, 0.4) is 0 Å². The number of nitrogens with one attached hydrogen (secondary N) is 1. The Morgan fingerprint density at radius 2 is 1.77 bits per heavy atom. The zero-order chi connectivity index (χ0) is 15.5. The molecule has 0 aliphatic heterocycles. The van der Waals surface area contributed by atoms with E-state index in [1.54, 1.807) is 4.68 Å². The molecule has 5 heteroatoms. The Morgan fingerprint density at radius 3 is 2.41 bits per heavy atom. The number of hydrogen-bond donors (Lipinski definition) is 1. The van der Waals surface area contributed by atoms with Crippen LogP contribution in [0.2, 0.25) is 0 Å². The number of ether oxygens (including phenoxy) is 1. The lowest BCUT2D eigenvalue weighted by atomic mass is 10.1. The van der Waals surface area contributed by atoms with E-state index in [4.69, 9.17) is 14.7 Å². The summed E-state index contributed by atoms with van der Waals surface area (Å²) in [5, 5.41) is 11.9. The summed E-state index contributed by atoms with van der Waals surface area (Å²) in [7, 11) is 0. The van der Waals surface area contributed by atoms with E-state index in [2.05, 4.69) is 5.27 Å². The van der Waals surface area contributed by atoms with Crippen LogP contribution in [0.15, 0.2) is 53.1 Å². The van der Waals surface area contributed by atoms with E-state index in [0.29, 0.717) is 12.3 Å². The van der Waals surface area contributed by atoms with Gasteiger partial charge in [-0.3, -0.25) is 5.41 Å². The molecule has 0 bridgehead atoms. The monoisotopic (exact) mass is 295 g/mol. The minimum atomic E-state index is 0.0396. The van der Waals surface area contributed by atoms with Gasteiger partial charge in [0.2, 0.25) is 5.69 Å². The molecule has 1 aromatic heterocycles. The Kier molecular flexibility index (Phi) is 3.78. The van der Waals surface area contributed by atoms with Gasteiger partial charge in [0.1, 0.15) is 5.75 Å². The number of rotatable bonds is 4. The molecule has 0 atom stereocenters. The summed E-state index contributed by atoms with van der Waals surface area (Å²) in [4.78, 5) is 0. The first-order chi connectivity index (χ1) is 10.7. The van der Waals surface area contributed by atoms with Crippen molar-refractivity contribution < 1.29 is 13.9 Å². The van der Waals surface area contributed by atoms with E-state index < -0.39 is 0 Å². The molecular weight excluding hydrogens is 278 g/mol. The Morgan fingerprint density at radius 1 is 1.09 bits per heavy atom. The molecule has 0 unspecified atom stereocenters. The van der Waals surface area contributed by atoms with Crippen LogP contribution in [0.1, 0.15) is 12.5 Å². The van der Waals surface area contributed by atoms with Crippen molar-refractivity contribution in [1.29, 1.82) is 5.41 Å². The third-order valence-corrected chi connectivity index (χ3v) is 3.36. The van der Waals surface area contributed by atoms with Gasteiger partial charge >= 0.3 is 0 Å². The van der Waals surface area contributed by atoms with Crippen molar-refractivity contribution in [1.82, 2.24) is 5.27 Å². The van der Waals surface area contributed by atoms with E-state index in [0.717, 1.165) is 17.0 Å². The molecule has 3 aromatic rings. The van der Waals surface area contributed by atoms with E-state index in [-0.39, 0.29) is 5.55 Å². The maximum Gasteiger partial charge on any atom is 0.274 e. The normalized spacial score (nSPS) is 10.6. The lowest BCUT2D eigenvalue weighted by Gasteiger charge is -2.04. The molecule has 1 N–H and O–H groups in total. The van der Waals surface area contributed by atoms with Gasteiger partial charge in [-0.1, -0.05) is 17.7 Å². The van der Waals surface area contributed by atoms with Crippen molar-refractivity contribution in [3.63, 3.8) is 0 Å². The molecule has 0 aliphatic carbocycles. The third kappa shape index (κ3) is 2.65. The van der Waals surface area contributed by atoms with Gasteiger partial charge in [0.15, 0.2) is 0 Å². The second-order valence-corrected chi connectivity index (χ2v) is 4.96. The van der Waals surface area contributed by atoms with Gasteiger partial charge in [-0.2, -0.15) is 4.68 Å². The van der Waals surface area contributed by atoms with Crippen molar-refractivity contribution in [3.05, 3.63) is 59.6 Å². The maximum absolute atomic E-state index is 7.97. The number of nitrogens with zero attached hydrogens (tertiary/aromatic N) is 2. The van der Waals surface area contributed by atoms with Crippen LogP contribution in [0, 0.1) is 12.3 Å². The van der Waals surface area contributed by atoms with Gasteiger partial charge < -0.3 is 9.26 Å². The van der Waals surface area contributed by atoms with Crippen molar-refractivity contribution in [3.8, 4) is 22.7 Å². The molecule has 0 spiro atoms. The summed E-state index contributed by atoms with van der Waals surface area (Å²) in [6.45, 7) is 4.60. The van der Waals surface area contributed by atoms with Crippen molar-refractivity contribution in [2.24, 2.45) is 0 Å². The first-order valence-electron chi connectivity index (χ1n) is 7.13. The molecule has 2 aromatic carbocycles. The topological polar surface area (TPSA) is 64.2 Å². The van der Waals surface area contributed by atoms with Gasteiger partial charge in [0.05, 0.1) is 12.2 Å². The summed E-state index contributed by atoms with van der Waals surface area (Å²) < 4.78 is 12.1. The second-order valence-electron chi connectivity index (χ2n) is 4.96. The minimum absolute atomic E-state index is 0.0396. The van der Waals surface area contributed by atoms with Crippen LogP contribution in [0.5, 0.6) is 5.75 Å². The van der Waals surface area contributed by atoms with Crippen LogP contribution in [-0.4, -0.2) is 6.61 Å². The maximum atomic E-state index is 7.97. The van der Waals surface area contributed by atoms with Crippen LogP contribution < -0.4 is 20.2 Å². The number of benzene rings is 2. The summed E-state index contributed by atoms with van der Waals surface area (Å²) >= 11 is 0. The van der Waals surface area contributed by atoms with E-state index >= 15 is 0 Å². The van der Waals surface area contributed by atoms with Crippen LogP contribution >= 0.6 is 0 Å². The Balaban J connectivity index is 2.05. The van der Waals surface area contributed by atoms with Crippen molar-refractivity contribution >= 4 is 0 Å². The molecule has 5 nitrogen and oxygen atoms in total. The SMILES string of the molecule is CCOc1ccc(-[n+]2[n-]oc(=N)c2-c2ccc(C)cc2)cc1. The fraction of sp³-hybridized carbons (Fsp3) is 0.176. The molecule has 0 radical (unpaired) electrons.